The van der Waals surface area contributed by atoms with Crippen LogP contribution in [0.25, 0.3) is 0 Å². The lowest BCUT2D eigenvalue weighted by Crippen LogP contribution is -2.50. The van der Waals surface area contributed by atoms with E-state index in [2.05, 4.69) is 15.6 Å². The Hall–Kier alpha value is -2.76. The van der Waals surface area contributed by atoms with Gasteiger partial charge in [-0.05, 0) is 67.6 Å². The highest BCUT2D eigenvalue weighted by Crippen LogP contribution is 2.22. The third-order valence-corrected chi connectivity index (χ3v) is 7.01. The molecule has 2 rings (SSSR count). The zero-order valence-electron chi connectivity index (χ0n) is 21.8. The van der Waals surface area contributed by atoms with Gasteiger partial charge in [0.1, 0.15) is 6.04 Å². The molecule has 0 aromatic heterocycles. The van der Waals surface area contributed by atoms with E-state index < -0.39 is 17.9 Å². The van der Waals surface area contributed by atoms with Gasteiger partial charge < -0.3 is 32.7 Å². The van der Waals surface area contributed by atoms with Crippen molar-refractivity contribution in [1.82, 2.24) is 15.5 Å². The molecule has 3 amide bonds. The fraction of sp³-hybridized carbons (Fsp3) is 0.385. The normalized spacial score (nSPS) is 11.5. The fourth-order valence-corrected chi connectivity index (χ4v) is 4.73. The average Bonchev–Trinajstić information content (AvgIpc) is 2.87. The van der Waals surface area contributed by atoms with Crippen LogP contribution in [-0.4, -0.2) is 67.3 Å². The van der Waals surface area contributed by atoms with Crippen LogP contribution in [0.15, 0.2) is 41.4 Å². The van der Waals surface area contributed by atoms with Crippen LogP contribution < -0.4 is 27.8 Å². The smallest absolute Gasteiger partial charge is 0.240 e. The first-order chi connectivity index (χ1) is 19.0. The highest BCUT2D eigenvalue weighted by molar-refractivity contribution is 6.35. The van der Waals surface area contributed by atoms with E-state index in [-0.39, 0.29) is 44.5 Å². The quantitative estimate of drug-likeness (QED) is 0.108. The topological polar surface area (TPSA) is 169 Å². The number of hydrogen-bond donors (Lipinski definition) is 5. The second-order valence-electron chi connectivity index (χ2n) is 8.93. The maximum Gasteiger partial charge on any atom is 0.240 e. The molecular weight excluding hydrogens is 600 g/mol. The molecule has 0 aliphatic carbocycles. The number of nitrogens with two attached hydrogens (primary N) is 3. The lowest BCUT2D eigenvalue weighted by atomic mass is 10.1. The van der Waals surface area contributed by atoms with Crippen molar-refractivity contribution in [1.29, 1.82) is 0 Å². The average molecular weight is 633 g/mol. The molecule has 14 heteroatoms. The van der Waals surface area contributed by atoms with E-state index in [1.165, 1.54) is 4.90 Å². The Balaban J connectivity index is 2.01. The van der Waals surface area contributed by atoms with Crippen molar-refractivity contribution in [2.75, 3.05) is 32.7 Å². The van der Waals surface area contributed by atoms with Crippen molar-refractivity contribution in [2.24, 2.45) is 22.2 Å². The summed E-state index contributed by atoms with van der Waals surface area (Å²) in [6.07, 6.45) is 1.61. The van der Waals surface area contributed by atoms with E-state index in [9.17, 15) is 14.4 Å². The minimum absolute atomic E-state index is 0.0232. The maximum atomic E-state index is 13.1. The molecule has 218 valence electrons. The van der Waals surface area contributed by atoms with Gasteiger partial charge in [-0.15, -0.1) is 0 Å². The molecule has 2 aromatic rings. The number of benzene rings is 2. The van der Waals surface area contributed by atoms with Crippen LogP contribution in [0, 0.1) is 0 Å². The van der Waals surface area contributed by atoms with Crippen LogP contribution in [0.1, 0.15) is 24.0 Å². The van der Waals surface area contributed by atoms with E-state index in [0.717, 1.165) is 11.1 Å². The van der Waals surface area contributed by atoms with Crippen LogP contribution in [0.5, 0.6) is 0 Å². The summed E-state index contributed by atoms with van der Waals surface area (Å²) in [5.41, 5.74) is 17.7. The molecule has 0 bridgehead atoms. The summed E-state index contributed by atoms with van der Waals surface area (Å²) < 4.78 is 0. The summed E-state index contributed by atoms with van der Waals surface area (Å²) in [5.74, 6) is -1.62. The van der Waals surface area contributed by atoms with Gasteiger partial charge in [-0.3, -0.25) is 19.4 Å². The standard InChI is InChI=1S/C26H33Cl4N7O3/c27-18-5-3-16(20(29)12-18)7-10-34-14-24(39)37(11-8-17-4-6-19(28)13-21(17)30)15-23(38)36-22(25(31)40)2-1-9-35-26(32)33/h3-6,12-13,22,34H,1-2,7-11,14-15H2,(H2,31,40)(H,36,38)(H4,32,33,35)/t22-/m0/s1. The van der Waals surface area contributed by atoms with Gasteiger partial charge in [0.15, 0.2) is 5.96 Å². The first kappa shape index (κ1) is 33.4. The van der Waals surface area contributed by atoms with E-state index >= 15 is 0 Å². The van der Waals surface area contributed by atoms with Gasteiger partial charge in [-0.1, -0.05) is 58.5 Å². The Morgan fingerprint density at radius 1 is 0.900 bits per heavy atom. The zero-order valence-corrected chi connectivity index (χ0v) is 24.8. The lowest BCUT2D eigenvalue weighted by molar-refractivity contribution is -0.136. The van der Waals surface area contributed by atoms with Gasteiger partial charge in [0, 0.05) is 33.2 Å². The molecule has 0 aliphatic rings. The molecule has 0 aliphatic heterocycles. The lowest BCUT2D eigenvalue weighted by Gasteiger charge is -2.24. The summed E-state index contributed by atoms with van der Waals surface area (Å²) in [5, 5.41) is 7.71. The van der Waals surface area contributed by atoms with Crippen molar-refractivity contribution in [3.05, 3.63) is 67.6 Å². The van der Waals surface area contributed by atoms with Crippen molar-refractivity contribution >= 4 is 70.1 Å². The number of guanidine groups is 1. The number of primary amides is 1. The molecule has 8 N–H and O–H groups in total. The summed E-state index contributed by atoms with van der Waals surface area (Å²) in [4.78, 5) is 43.1. The summed E-state index contributed by atoms with van der Waals surface area (Å²) in [6, 6.07) is 9.37. The molecule has 0 saturated heterocycles. The molecule has 40 heavy (non-hydrogen) atoms. The van der Waals surface area contributed by atoms with E-state index in [1.54, 1.807) is 30.3 Å². The van der Waals surface area contributed by atoms with E-state index in [4.69, 9.17) is 63.6 Å². The van der Waals surface area contributed by atoms with Crippen molar-refractivity contribution in [2.45, 2.75) is 31.7 Å². The predicted octanol–water partition coefficient (Wildman–Crippen LogP) is 2.53. The Morgan fingerprint density at radius 2 is 1.50 bits per heavy atom. The highest BCUT2D eigenvalue weighted by atomic mass is 35.5. The number of halogens is 4. The van der Waals surface area contributed by atoms with Crippen LogP contribution in [0.4, 0.5) is 0 Å². The number of nitrogens with one attached hydrogen (secondary N) is 2. The van der Waals surface area contributed by atoms with E-state index in [1.807, 2.05) is 6.07 Å². The largest absolute Gasteiger partial charge is 0.370 e. The third-order valence-electron chi connectivity index (χ3n) is 5.84. The minimum atomic E-state index is -0.938. The second-order valence-corrected chi connectivity index (χ2v) is 10.6. The van der Waals surface area contributed by atoms with Crippen LogP contribution in [0.2, 0.25) is 20.1 Å². The molecular formula is C26H33Cl4N7O3. The first-order valence-electron chi connectivity index (χ1n) is 12.5. The zero-order chi connectivity index (χ0) is 29.7. The van der Waals surface area contributed by atoms with Crippen molar-refractivity contribution in [3.63, 3.8) is 0 Å². The molecule has 0 saturated carbocycles. The highest BCUT2D eigenvalue weighted by Gasteiger charge is 2.22. The number of carbonyl (C=O) groups excluding carboxylic acids is 3. The summed E-state index contributed by atoms with van der Waals surface area (Å²) in [6.45, 7) is 0.637. The Labute approximate surface area is 253 Å². The number of carbonyl (C=O) groups is 3. The summed E-state index contributed by atoms with van der Waals surface area (Å²) >= 11 is 24.4. The Bertz CT molecular complexity index is 1210. The SMILES string of the molecule is NC(=O)[C@H](CCCN=C(N)N)NC(=O)CN(CCc1ccc(Cl)cc1Cl)C(=O)CNCCc1ccc(Cl)cc1Cl. The molecule has 10 nitrogen and oxygen atoms in total. The van der Waals surface area contributed by atoms with Gasteiger partial charge in [-0.25, -0.2) is 0 Å². The number of aliphatic imine (C=N–C) groups is 1. The number of hydrogen-bond acceptors (Lipinski definition) is 5. The number of amides is 3. The monoisotopic (exact) mass is 631 g/mol. The van der Waals surface area contributed by atoms with Crippen molar-refractivity contribution in [3.8, 4) is 0 Å². The van der Waals surface area contributed by atoms with Crippen LogP contribution in [0.3, 0.4) is 0 Å². The van der Waals surface area contributed by atoms with Gasteiger partial charge in [0.2, 0.25) is 17.7 Å². The molecule has 2 aromatic carbocycles. The minimum Gasteiger partial charge on any atom is -0.370 e. The summed E-state index contributed by atoms with van der Waals surface area (Å²) in [7, 11) is 0. The van der Waals surface area contributed by atoms with Gasteiger partial charge in [0.05, 0.1) is 13.1 Å². The van der Waals surface area contributed by atoms with Gasteiger partial charge in [-0.2, -0.15) is 0 Å². The Morgan fingerprint density at radius 3 is 2.05 bits per heavy atom. The fourth-order valence-electron chi connectivity index (χ4n) is 3.73. The maximum absolute atomic E-state index is 13.1. The van der Waals surface area contributed by atoms with Gasteiger partial charge >= 0.3 is 0 Å². The number of nitrogens with zero attached hydrogens (tertiary/aromatic N) is 2. The predicted molar refractivity (Wildman–Crippen MR) is 161 cm³/mol. The first-order valence-corrected chi connectivity index (χ1v) is 14.0. The Kier molecular flexibility index (Phi) is 14.3. The second kappa shape index (κ2) is 17.1. The van der Waals surface area contributed by atoms with Crippen molar-refractivity contribution < 1.29 is 14.4 Å². The number of rotatable bonds is 16. The molecule has 0 radical (unpaired) electrons. The molecule has 0 fully saturated rings. The molecule has 0 spiro atoms. The molecule has 0 heterocycles. The van der Waals surface area contributed by atoms with Crippen LogP contribution in [-0.2, 0) is 27.2 Å². The van der Waals surface area contributed by atoms with E-state index in [0.29, 0.717) is 45.9 Å². The van der Waals surface area contributed by atoms with Gasteiger partial charge in [0.25, 0.3) is 0 Å². The molecule has 0 unspecified atom stereocenters. The van der Waals surface area contributed by atoms with Crippen LogP contribution >= 0.6 is 46.4 Å². The third kappa shape index (κ3) is 12.2. The molecule has 1 atom stereocenters.